The molecule has 0 saturated heterocycles. The molecule has 0 spiro atoms. The Labute approximate surface area is 184 Å². The van der Waals surface area contributed by atoms with Crippen molar-refractivity contribution in [1.82, 2.24) is 10.2 Å². The van der Waals surface area contributed by atoms with Crippen molar-refractivity contribution < 1.29 is 19.2 Å². The number of allylic oxidation sites excluding steroid dienone is 1. The number of aliphatic imine (C=N–C) groups is 1. The second-order valence-electron chi connectivity index (χ2n) is 7.29. The summed E-state index contributed by atoms with van der Waals surface area (Å²) in [6.07, 6.45) is 0.899. The summed E-state index contributed by atoms with van der Waals surface area (Å²) in [6.45, 7) is 5.62. The lowest BCUT2D eigenvalue weighted by molar-refractivity contribution is -0.384. The fourth-order valence-corrected chi connectivity index (χ4v) is 4.42. The number of esters is 1. The number of rotatable bonds is 7. The van der Waals surface area contributed by atoms with Crippen LogP contribution in [-0.2, 0) is 14.3 Å². The summed E-state index contributed by atoms with van der Waals surface area (Å²) >= 11 is 1.35. The molecular weight excluding hydrogens is 420 g/mol. The van der Waals surface area contributed by atoms with Crippen molar-refractivity contribution in [3.63, 3.8) is 0 Å². The van der Waals surface area contributed by atoms with Crippen LogP contribution in [0, 0.1) is 10.1 Å². The van der Waals surface area contributed by atoms with Crippen molar-refractivity contribution >= 4 is 34.5 Å². The zero-order valence-electron chi connectivity index (χ0n) is 17.7. The first-order valence-electron chi connectivity index (χ1n) is 9.83. The van der Waals surface area contributed by atoms with Gasteiger partial charge in [0.05, 0.1) is 35.8 Å². The van der Waals surface area contributed by atoms with Gasteiger partial charge in [0, 0.05) is 23.9 Å². The number of carbonyl (C=O) groups excluding carboxylic acids is 2. The van der Waals surface area contributed by atoms with Crippen LogP contribution in [0.4, 0.5) is 5.69 Å². The van der Waals surface area contributed by atoms with E-state index >= 15 is 0 Å². The molecule has 2 atom stereocenters. The third-order valence-electron chi connectivity index (χ3n) is 5.16. The molecule has 2 aliphatic heterocycles. The number of hydrogen-bond donors (Lipinski definition) is 1. The number of non-ortho nitro benzene ring substituents is 1. The number of nitro groups is 1. The predicted octanol–water partition coefficient (Wildman–Crippen LogP) is 3.65. The van der Waals surface area contributed by atoms with E-state index < -0.39 is 16.9 Å². The molecule has 0 radical (unpaired) electrons. The number of fused-ring (bicyclic) bond motifs is 1. The van der Waals surface area contributed by atoms with Gasteiger partial charge in [0.25, 0.3) is 5.69 Å². The van der Waals surface area contributed by atoms with Crippen molar-refractivity contribution in [2.24, 2.45) is 4.99 Å². The van der Waals surface area contributed by atoms with Crippen LogP contribution in [0.25, 0.3) is 0 Å². The highest BCUT2D eigenvalue weighted by Crippen LogP contribution is 2.45. The van der Waals surface area contributed by atoms with Crippen molar-refractivity contribution in [2.75, 3.05) is 7.11 Å². The number of nitrogens with zero attached hydrogens (tertiary/aromatic N) is 3. The molecule has 3 rings (SSSR count). The SMILES string of the molecule is CC[C@H](C)NC(=O)CC1=CSC2=NC(C)=C(C(=O)OC)[C@H](c3cccc([N+](=O)[O-])c3)N12. The number of benzene rings is 1. The van der Waals surface area contributed by atoms with Gasteiger partial charge in [-0.05, 0) is 31.2 Å². The van der Waals surface area contributed by atoms with Gasteiger partial charge in [-0.2, -0.15) is 0 Å². The molecule has 1 N–H and O–H groups in total. The second-order valence-corrected chi connectivity index (χ2v) is 8.13. The average molecular weight is 445 g/mol. The summed E-state index contributed by atoms with van der Waals surface area (Å²) in [6, 6.07) is 5.46. The van der Waals surface area contributed by atoms with Crippen LogP contribution >= 0.6 is 11.8 Å². The molecule has 0 aliphatic carbocycles. The van der Waals surface area contributed by atoms with Gasteiger partial charge in [0.15, 0.2) is 5.17 Å². The fraction of sp³-hybridized carbons (Fsp3) is 0.381. The molecule has 1 aromatic carbocycles. The molecule has 10 heteroatoms. The molecule has 1 aromatic rings. The Morgan fingerprint density at radius 3 is 2.81 bits per heavy atom. The lowest BCUT2D eigenvalue weighted by atomic mass is 9.93. The minimum absolute atomic E-state index is 0.0389. The largest absolute Gasteiger partial charge is 0.466 e. The Kier molecular flexibility index (Phi) is 6.79. The zero-order valence-corrected chi connectivity index (χ0v) is 18.6. The van der Waals surface area contributed by atoms with Gasteiger partial charge < -0.3 is 15.0 Å². The number of nitrogens with one attached hydrogen (secondary N) is 1. The summed E-state index contributed by atoms with van der Waals surface area (Å²) in [4.78, 5) is 42.4. The van der Waals surface area contributed by atoms with Crippen molar-refractivity contribution in [2.45, 2.75) is 45.7 Å². The first-order chi connectivity index (χ1) is 14.8. The van der Waals surface area contributed by atoms with Crippen LogP contribution in [0.1, 0.15) is 45.2 Å². The van der Waals surface area contributed by atoms with Crippen LogP contribution < -0.4 is 5.32 Å². The molecule has 2 heterocycles. The van der Waals surface area contributed by atoms with Gasteiger partial charge in [0.2, 0.25) is 5.91 Å². The van der Waals surface area contributed by atoms with E-state index in [1.807, 2.05) is 19.3 Å². The van der Waals surface area contributed by atoms with Gasteiger partial charge in [-0.15, -0.1) is 0 Å². The third-order valence-corrected chi connectivity index (χ3v) is 6.05. The average Bonchev–Trinajstić information content (AvgIpc) is 3.13. The molecule has 31 heavy (non-hydrogen) atoms. The maximum atomic E-state index is 12.7. The monoisotopic (exact) mass is 444 g/mol. The molecule has 164 valence electrons. The molecule has 2 aliphatic rings. The molecular formula is C21H24N4O5S. The van der Waals surface area contributed by atoms with Gasteiger partial charge in [-0.1, -0.05) is 30.8 Å². The molecule has 0 aromatic heterocycles. The van der Waals surface area contributed by atoms with Gasteiger partial charge in [0.1, 0.15) is 0 Å². The molecule has 1 amide bonds. The van der Waals surface area contributed by atoms with E-state index in [4.69, 9.17) is 4.74 Å². The number of ether oxygens (including phenoxy) is 1. The van der Waals surface area contributed by atoms with Crippen molar-refractivity contribution in [1.29, 1.82) is 0 Å². The highest BCUT2D eigenvalue weighted by molar-refractivity contribution is 8.16. The Bertz CT molecular complexity index is 1020. The lowest BCUT2D eigenvalue weighted by Crippen LogP contribution is -2.39. The highest BCUT2D eigenvalue weighted by Gasteiger charge is 2.41. The molecule has 0 bridgehead atoms. The number of amidine groups is 1. The summed E-state index contributed by atoms with van der Waals surface area (Å²) in [7, 11) is 1.28. The predicted molar refractivity (Wildman–Crippen MR) is 118 cm³/mol. The molecule has 0 unspecified atom stereocenters. The van der Waals surface area contributed by atoms with Crippen LogP contribution in [0.2, 0.25) is 0 Å². The first-order valence-corrected chi connectivity index (χ1v) is 10.7. The van der Waals surface area contributed by atoms with Gasteiger partial charge in [-0.3, -0.25) is 14.9 Å². The quantitative estimate of drug-likeness (QED) is 0.388. The van der Waals surface area contributed by atoms with Gasteiger partial charge >= 0.3 is 5.97 Å². The molecule has 0 saturated carbocycles. The summed E-state index contributed by atoms with van der Waals surface area (Å²) in [5.74, 6) is -0.719. The number of nitro benzene ring substituents is 1. The standard InChI is InChI=1S/C21H24N4O5S/c1-5-12(2)22-17(26)10-16-11-31-21-23-13(3)18(20(27)30-4)19(24(16)21)14-7-6-8-15(9-14)25(28)29/h6-9,11-12,19H,5,10H2,1-4H3,(H,22,26)/t12-,19-/m0/s1. The first kappa shape index (κ1) is 22.5. The van der Waals surface area contributed by atoms with Crippen LogP contribution in [0.15, 0.2) is 51.6 Å². The van der Waals surface area contributed by atoms with E-state index in [0.29, 0.717) is 22.1 Å². The zero-order chi connectivity index (χ0) is 22.7. The van der Waals surface area contributed by atoms with E-state index in [0.717, 1.165) is 6.42 Å². The van der Waals surface area contributed by atoms with E-state index in [1.165, 1.54) is 31.0 Å². The maximum Gasteiger partial charge on any atom is 0.338 e. The normalized spacial score (nSPS) is 18.7. The third kappa shape index (κ3) is 4.63. The van der Waals surface area contributed by atoms with Crippen LogP contribution in [0.3, 0.4) is 0 Å². The Morgan fingerprint density at radius 2 is 2.16 bits per heavy atom. The molecule has 0 fully saturated rings. The maximum absolute atomic E-state index is 12.7. The molecule has 9 nitrogen and oxygen atoms in total. The highest BCUT2D eigenvalue weighted by atomic mass is 32.2. The number of amides is 1. The summed E-state index contributed by atoms with van der Waals surface area (Å²) < 4.78 is 4.99. The van der Waals surface area contributed by atoms with E-state index in [1.54, 1.807) is 24.0 Å². The minimum Gasteiger partial charge on any atom is -0.466 e. The summed E-state index contributed by atoms with van der Waals surface area (Å²) in [5, 5.41) is 16.7. The number of hydrogen-bond acceptors (Lipinski definition) is 8. The Morgan fingerprint density at radius 1 is 1.42 bits per heavy atom. The fourth-order valence-electron chi connectivity index (χ4n) is 3.46. The lowest BCUT2D eigenvalue weighted by Gasteiger charge is -2.36. The van der Waals surface area contributed by atoms with Crippen LogP contribution in [0.5, 0.6) is 0 Å². The Balaban J connectivity index is 2.04. The Hall–Kier alpha value is -3.14. The smallest absolute Gasteiger partial charge is 0.338 e. The van der Waals surface area contributed by atoms with E-state index in [-0.39, 0.29) is 29.6 Å². The topological polar surface area (TPSA) is 114 Å². The minimum atomic E-state index is -0.697. The van der Waals surface area contributed by atoms with Gasteiger partial charge in [-0.25, -0.2) is 9.79 Å². The van der Waals surface area contributed by atoms with Crippen molar-refractivity contribution in [3.8, 4) is 0 Å². The number of thioether (sulfide) groups is 1. The summed E-state index contributed by atoms with van der Waals surface area (Å²) in [5.41, 5.74) is 1.87. The second kappa shape index (κ2) is 9.34. The van der Waals surface area contributed by atoms with Crippen molar-refractivity contribution in [3.05, 3.63) is 62.3 Å². The van der Waals surface area contributed by atoms with E-state index in [9.17, 15) is 19.7 Å². The number of carbonyl (C=O) groups is 2. The van der Waals surface area contributed by atoms with Crippen LogP contribution in [-0.4, -0.2) is 40.0 Å². The van der Waals surface area contributed by atoms with E-state index in [2.05, 4.69) is 10.3 Å². The number of methoxy groups -OCH3 is 1.